The fraction of sp³-hybridized carbons (Fsp3) is 0.900. The van der Waals surface area contributed by atoms with Crippen LogP contribution in [0.25, 0.3) is 0 Å². The largest absolute Gasteiger partial charge is 0.396 e. The van der Waals surface area contributed by atoms with Crippen LogP contribution in [-0.2, 0) is 9.53 Å². The minimum atomic E-state index is -0.317. The van der Waals surface area contributed by atoms with Gasteiger partial charge in [-0.3, -0.25) is 4.79 Å². The number of aliphatic hydroxyl groups is 1. The summed E-state index contributed by atoms with van der Waals surface area (Å²) >= 11 is 0. The predicted octanol–water partition coefficient (Wildman–Crippen LogP) is 0.642. The number of hydrogen-bond acceptors (Lipinski definition) is 3. The van der Waals surface area contributed by atoms with Gasteiger partial charge in [-0.15, -0.1) is 0 Å². The number of carbonyl (C=O) groups is 1. The highest BCUT2D eigenvalue weighted by molar-refractivity contribution is 5.77. The predicted molar refractivity (Wildman–Crippen MR) is 55.0 cm³/mol. The number of aliphatic hydroxyl groups excluding tert-OH is 1. The molecule has 0 bridgehead atoms. The summed E-state index contributed by atoms with van der Waals surface area (Å²) in [4.78, 5) is 13.2. The molecule has 0 aliphatic heterocycles. The van der Waals surface area contributed by atoms with Crippen molar-refractivity contribution in [2.75, 3.05) is 26.9 Å². The van der Waals surface area contributed by atoms with Crippen molar-refractivity contribution in [1.29, 1.82) is 0 Å². The van der Waals surface area contributed by atoms with Gasteiger partial charge in [0, 0.05) is 25.8 Å². The van der Waals surface area contributed by atoms with Gasteiger partial charge in [-0.1, -0.05) is 0 Å². The Morgan fingerprint density at radius 1 is 1.50 bits per heavy atom. The van der Waals surface area contributed by atoms with Crippen LogP contribution in [0.1, 0.15) is 27.2 Å². The van der Waals surface area contributed by atoms with E-state index in [0.29, 0.717) is 13.0 Å². The zero-order valence-corrected chi connectivity index (χ0v) is 9.54. The first-order valence-electron chi connectivity index (χ1n) is 4.91. The van der Waals surface area contributed by atoms with Crippen LogP contribution in [0.4, 0.5) is 0 Å². The molecule has 0 rings (SSSR count). The second kappa shape index (κ2) is 5.98. The highest BCUT2D eigenvalue weighted by Crippen LogP contribution is 2.16. The zero-order chi connectivity index (χ0) is 11.2. The normalized spacial score (nSPS) is 11.5. The molecule has 0 aliphatic rings. The molecule has 1 amide bonds. The average Bonchev–Trinajstić information content (AvgIpc) is 2.12. The van der Waals surface area contributed by atoms with Crippen molar-refractivity contribution in [2.45, 2.75) is 32.7 Å². The van der Waals surface area contributed by atoms with Crippen LogP contribution in [-0.4, -0.2) is 48.3 Å². The average molecular weight is 203 g/mol. The van der Waals surface area contributed by atoms with Gasteiger partial charge in [0.25, 0.3) is 0 Å². The van der Waals surface area contributed by atoms with Crippen molar-refractivity contribution in [3.05, 3.63) is 0 Å². The fourth-order valence-electron chi connectivity index (χ4n) is 1.07. The molecule has 0 aromatic heterocycles. The summed E-state index contributed by atoms with van der Waals surface area (Å²) in [6.45, 7) is 6.44. The first kappa shape index (κ1) is 13.4. The summed E-state index contributed by atoms with van der Waals surface area (Å²) in [5.74, 6) is -0.0506. The first-order valence-corrected chi connectivity index (χ1v) is 4.91. The van der Waals surface area contributed by atoms with E-state index in [9.17, 15) is 4.79 Å². The summed E-state index contributed by atoms with van der Waals surface area (Å²) in [6.07, 6.45) is 0.571. The maximum atomic E-state index is 11.5. The van der Waals surface area contributed by atoms with E-state index in [1.54, 1.807) is 11.9 Å². The van der Waals surface area contributed by atoms with Gasteiger partial charge in [-0.05, 0) is 27.2 Å². The molecule has 0 heterocycles. The number of hydrogen-bond donors (Lipinski definition) is 1. The SMILES string of the molecule is CCOCC(=O)N(C)C(C)(C)CCO. The fourth-order valence-corrected chi connectivity index (χ4v) is 1.07. The van der Waals surface area contributed by atoms with Crippen LogP contribution in [0.3, 0.4) is 0 Å². The number of likely N-dealkylation sites (N-methyl/N-ethyl adjacent to an activating group) is 1. The zero-order valence-electron chi connectivity index (χ0n) is 9.54. The van der Waals surface area contributed by atoms with Gasteiger partial charge in [0.2, 0.25) is 5.91 Å². The van der Waals surface area contributed by atoms with E-state index >= 15 is 0 Å². The first-order chi connectivity index (χ1) is 6.45. The molecular formula is C10H21NO3. The van der Waals surface area contributed by atoms with E-state index in [2.05, 4.69) is 0 Å². The Morgan fingerprint density at radius 3 is 2.50 bits per heavy atom. The van der Waals surface area contributed by atoms with Crippen LogP contribution >= 0.6 is 0 Å². The topological polar surface area (TPSA) is 49.8 Å². The Hall–Kier alpha value is -0.610. The summed E-state index contributed by atoms with van der Waals surface area (Å²) in [6, 6.07) is 0. The molecule has 0 unspecified atom stereocenters. The lowest BCUT2D eigenvalue weighted by Gasteiger charge is -2.35. The summed E-state index contributed by atoms with van der Waals surface area (Å²) in [7, 11) is 1.73. The van der Waals surface area contributed by atoms with Crippen molar-refractivity contribution < 1.29 is 14.6 Å². The van der Waals surface area contributed by atoms with Crippen LogP contribution in [0.2, 0.25) is 0 Å². The van der Waals surface area contributed by atoms with Crippen LogP contribution in [0.5, 0.6) is 0 Å². The van der Waals surface area contributed by atoms with Crippen LogP contribution in [0.15, 0.2) is 0 Å². The molecule has 0 aromatic carbocycles. The molecule has 14 heavy (non-hydrogen) atoms. The minimum Gasteiger partial charge on any atom is -0.396 e. The van der Waals surface area contributed by atoms with E-state index < -0.39 is 0 Å². The standard InChI is InChI=1S/C10H21NO3/c1-5-14-8-9(13)11(4)10(2,3)6-7-12/h12H,5-8H2,1-4H3. The lowest BCUT2D eigenvalue weighted by molar-refractivity contribution is -0.139. The molecule has 0 radical (unpaired) electrons. The molecule has 0 aromatic rings. The third-order valence-corrected chi connectivity index (χ3v) is 2.44. The number of carbonyl (C=O) groups excluding carboxylic acids is 1. The Bertz CT molecular complexity index is 180. The Kier molecular flexibility index (Phi) is 5.72. The molecule has 0 aliphatic carbocycles. The Morgan fingerprint density at radius 2 is 2.07 bits per heavy atom. The number of ether oxygens (including phenoxy) is 1. The van der Waals surface area contributed by atoms with E-state index in [-0.39, 0.29) is 24.7 Å². The van der Waals surface area contributed by atoms with Crippen molar-refractivity contribution in [2.24, 2.45) is 0 Å². The quantitative estimate of drug-likeness (QED) is 0.689. The van der Waals surface area contributed by atoms with E-state index in [1.165, 1.54) is 0 Å². The number of nitrogens with zero attached hydrogens (tertiary/aromatic N) is 1. The highest BCUT2D eigenvalue weighted by Gasteiger charge is 2.26. The van der Waals surface area contributed by atoms with Gasteiger partial charge in [0.05, 0.1) is 0 Å². The van der Waals surface area contributed by atoms with Crippen LogP contribution in [0, 0.1) is 0 Å². The van der Waals surface area contributed by atoms with Gasteiger partial charge < -0.3 is 14.7 Å². The van der Waals surface area contributed by atoms with Crippen LogP contribution < -0.4 is 0 Å². The van der Waals surface area contributed by atoms with Gasteiger partial charge in [0.1, 0.15) is 6.61 Å². The van der Waals surface area contributed by atoms with Crippen molar-refractivity contribution in [1.82, 2.24) is 4.90 Å². The maximum Gasteiger partial charge on any atom is 0.248 e. The minimum absolute atomic E-state index is 0.0506. The third-order valence-electron chi connectivity index (χ3n) is 2.44. The van der Waals surface area contributed by atoms with Crippen molar-refractivity contribution in [3.63, 3.8) is 0 Å². The molecule has 0 saturated heterocycles. The van der Waals surface area contributed by atoms with E-state index in [1.807, 2.05) is 20.8 Å². The smallest absolute Gasteiger partial charge is 0.248 e. The second-order valence-electron chi connectivity index (χ2n) is 3.88. The Labute approximate surface area is 85.9 Å². The molecule has 0 fully saturated rings. The maximum absolute atomic E-state index is 11.5. The van der Waals surface area contributed by atoms with Crippen molar-refractivity contribution in [3.8, 4) is 0 Å². The molecular weight excluding hydrogens is 182 g/mol. The lowest BCUT2D eigenvalue weighted by Crippen LogP contribution is -2.47. The number of amides is 1. The van der Waals surface area contributed by atoms with Gasteiger partial charge in [-0.25, -0.2) is 0 Å². The van der Waals surface area contributed by atoms with Gasteiger partial charge >= 0.3 is 0 Å². The summed E-state index contributed by atoms with van der Waals surface area (Å²) < 4.78 is 5.04. The highest BCUT2D eigenvalue weighted by atomic mass is 16.5. The summed E-state index contributed by atoms with van der Waals surface area (Å²) in [5.41, 5.74) is -0.317. The third kappa shape index (κ3) is 4.07. The van der Waals surface area contributed by atoms with Gasteiger partial charge in [-0.2, -0.15) is 0 Å². The summed E-state index contributed by atoms with van der Waals surface area (Å²) in [5, 5.41) is 8.84. The van der Waals surface area contributed by atoms with Crippen molar-refractivity contribution >= 4 is 5.91 Å². The molecule has 1 N–H and O–H groups in total. The van der Waals surface area contributed by atoms with Gasteiger partial charge in [0.15, 0.2) is 0 Å². The molecule has 0 spiro atoms. The molecule has 4 heteroatoms. The lowest BCUT2D eigenvalue weighted by atomic mass is 9.99. The monoisotopic (exact) mass is 203 g/mol. The number of rotatable bonds is 6. The van der Waals surface area contributed by atoms with E-state index in [4.69, 9.17) is 9.84 Å². The second-order valence-corrected chi connectivity index (χ2v) is 3.88. The molecule has 0 saturated carbocycles. The van der Waals surface area contributed by atoms with E-state index in [0.717, 1.165) is 0 Å². The Balaban J connectivity index is 4.14. The molecule has 4 nitrogen and oxygen atoms in total. The molecule has 84 valence electrons. The molecule has 0 atom stereocenters.